The molecule has 1 atom stereocenters. The van der Waals surface area contributed by atoms with Crippen LogP contribution in [0.3, 0.4) is 0 Å². The highest BCUT2D eigenvalue weighted by Gasteiger charge is 2.34. The van der Waals surface area contributed by atoms with Crippen molar-refractivity contribution in [2.45, 2.75) is 25.7 Å². The van der Waals surface area contributed by atoms with Crippen molar-refractivity contribution in [3.05, 3.63) is 64.7 Å². The van der Waals surface area contributed by atoms with Gasteiger partial charge in [0.05, 0.1) is 11.6 Å². The number of carbonyl (C=O) groups excluding carboxylic acids is 2. The minimum absolute atomic E-state index is 0.414. The third-order valence-electron chi connectivity index (χ3n) is 5.62. The molecular formula is C22H23N3O3. The van der Waals surface area contributed by atoms with Crippen molar-refractivity contribution in [2.24, 2.45) is 5.41 Å². The summed E-state index contributed by atoms with van der Waals surface area (Å²) in [6.07, 6.45) is 3.86. The number of aldehydes is 1. The predicted molar refractivity (Wildman–Crippen MR) is 105 cm³/mol. The van der Waals surface area contributed by atoms with Gasteiger partial charge in [-0.15, -0.1) is 0 Å². The van der Waals surface area contributed by atoms with Crippen molar-refractivity contribution < 1.29 is 14.8 Å². The maximum atomic E-state index is 12.0. The maximum absolute atomic E-state index is 12.0. The van der Waals surface area contributed by atoms with E-state index < -0.39 is 11.3 Å². The molecule has 2 aromatic rings. The topological polar surface area (TPSA) is 93.4 Å². The Kier molecular flexibility index (Phi) is 5.76. The van der Waals surface area contributed by atoms with Gasteiger partial charge in [-0.2, -0.15) is 5.26 Å². The minimum Gasteiger partial charge on any atom is -0.375 e. The number of rotatable bonds is 6. The van der Waals surface area contributed by atoms with Gasteiger partial charge in [0, 0.05) is 30.3 Å². The van der Waals surface area contributed by atoms with Crippen molar-refractivity contribution in [1.82, 2.24) is 5.48 Å². The number of nitrogens with zero attached hydrogens (tertiary/aromatic N) is 2. The van der Waals surface area contributed by atoms with Crippen LogP contribution in [0, 0.1) is 16.7 Å². The first-order valence-corrected chi connectivity index (χ1v) is 9.24. The molecule has 0 radical (unpaired) electrons. The van der Waals surface area contributed by atoms with Crippen LogP contribution in [0.4, 0.5) is 5.69 Å². The minimum atomic E-state index is -0.531. The van der Waals surface area contributed by atoms with Gasteiger partial charge in [0.1, 0.15) is 6.29 Å². The second kappa shape index (κ2) is 8.24. The second-order valence-electron chi connectivity index (χ2n) is 7.42. The number of anilines is 1. The summed E-state index contributed by atoms with van der Waals surface area (Å²) in [5.41, 5.74) is 5.32. The van der Waals surface area contributed by atoms with Crippen LogP contribution in [-0.4, -0.2) is 31.0 Å². The fraction of sp³-hybridized carbons (Fsp3) is 0.318. The number of amides is 1. The van der Waals surface area contributed by atoms with E-state index in [4.69, 9.17) is 10.5 Å². The molecule has 0 saturated heterocycles. The number of aryl methyl sites for hydroxylation is 1. The van der Waals surface area contributed by atoms with E-state index in [9.17, 15) is 9.59 Å². The number of nitrogens with one attached hydrogen (secondary N) is 1. The second-order valence-corrected chi connectivity index (χ2v) is 7.42. The SMILES string of the molecule is CN(CC[C@@]1(C=O)CCc2cc(C(=O)NO)ccc2C1)c1cccc(C#N)c1. The van der Waals surface area contributed by atoms with E-state index in [-0.39, 0.29) is 0 Å². The van der Waals surface area contributed by atoms with Crippen molar-refractivity contribution >= 4 is 17.9 Å². The van der Waals surface area contributed by atoms with Crippen LogP contribution in [0.15, 0.2) is 42.5 Å². The molecule has 0 aromatic heterocycles. The molecule has 1 aliphatic rings. The summed E-state index contributed by atoms with van der Waals surface area (Å²) >= 11 is 0. The molecule has 0 spiro atoms. The zero-order chi connectivity index (χ0) is 20.1. The van der Waals surface area contributed by atoms with Gasteiger partial charge in [0.2, 0.25) is 0 Å². The third-order valence-corrected chi connectivity index (χ3v) is 5.62. The van der Waals surface area contributed by atoms with Gasteiger partial charge in [-0.05, 0) is 67.1 Å². The van der Waals surface area contributed by atoms with Gasteiger partial charge >= 0.3 is 0 Å². The molecule has 1 aliphatic carbocycles. The summed E-state index contributed by atoms with van der Waals surface area (Å²) in [7, 11) is 1.96. The summed E-state index contributed by atoms with van der Waals surface area (Å²) in [4.78, 5) is 25.7. The molecular weight excluding hydrogens is 354 g/mol. The van der Waals surface area contributed by atoms with Crippen LogP contribution >= 0.6 is 0 Å². The smallest absolute Gasteiger partial charge is 0.274 e. The molecule has 2 aromatic carbocycles. The molecule has 0 saturated carbocycles. The Morgan fingerprint density at radius 2 is 2.14 bits per heavy atom. The molecule has 0 aliphatic heterocycles. The van der Waals surface area contributed by atoms with E-state index in [1.54, 1.807) is 23.7 Å². The number of hydroxylamine groups is 1. The van der Waals surface area contributed by atoms with Crippen LogP contribution in [0.25, 0.3) is 0 Å². The van der Waals surface area contributed by atoms with E-state index in [0.717, 1.165) is 29.5 Å². The Morgan fingerprint density at radius 1 is 1.32 bits per heavy atom. The molecule has 3 rings (SSSR count). The molecule has 2 N–H and O–H groups in total. The van der Waals surface area contributed by atoms with E-state index in [1.165, 1.54) is 0 Å². The third kappa shape index (κ3) is 4.05. The summed E-state index contributed by atoms with van der Waals surface area (Å²) in [5, 5.41) is 17.9. The number of nitriles is 1. The van der Waals surface area contributed by atoms with E-state index in [0.29, 0.717) is 36.9 Å². The average molecular weight is 377 g/mol. The number of benzene rings is 2. The lowest BCUT2D eigenvalue weighted by Gasteiger charge is -2.35. The molecule has 6 nitrogen and oxygen atoms in total. The van der Waals surface area contributed by atoms with Crippen molar-refractivity contribution in [3.63, 3.8) is 0 Å². The molecule has 6 heteroatoms. The molecule has 28 heavy (non-hydrogen) atoms. The van der Waals surface area contributed by atoms with Crippen molar-refractivity contribution in [2.75, 3.05) is 18.5 Å². The first-order chi connectivity index (χ1) is 13.5. The molecule has 0 bridgehead atoms. The monoisotopic (exact) mass is 377 g/mol. The Balaban J connectivity index is 1.72. The Labute approximate surface area is 164 Å². The number of hydrogen-bond acceptors (Lipinski definition) is 5. The molecule has 1 amide bonds. The van der Waals surface area contributed by atoms with Gasteiger partial charge < -0.3 is 9.69 Å². The molecule has 0 unspecified atom stereocenters. The Hall–Kier alpha value is -3.17. The Bertz CT molecular complexity index is 935. The number of carbonyl (C=O) groups is 2. The van der Waals surface area contributed by atoms with Gasteiger partial charge in [0.25, 0.3) is 5.91 Å². The Morgan fingerprint density at radius 3 is 2.86 bits per heavy atom. The lowest BCUT2D eigenvalue weighted by atomic mass is 9.70. The number of fused-ring (bicyclic) bond motifs is 1. The van der Waals surface area contributed by atoms with Gasteiger partial charge in [0.15, 0.2) is 0 Å². The maximum Gasteiger partial charge on any atom is 0.274 e. The van der Waals surface area contributed by atoms with E-state index >= 15 is 0 Å². The van der Waals surface area contributed by atoms with Crippen molar-refractivity contribution in [3.8, 4) is 6.07 Å². The van der Waals surface area contributed by atoms with Gasteiger partial charge in [-0.1, -0.05) is 12.1 Å². The fourth-order valence-electron chi connectivity index (χ4n) is 3.79. The van der Waals surface area contributed by atoms with Gasteiger partial charge in [-0.25, -0.2) is 5.48 Å². The zero-order valence-corrected chi connectivity index (χ0v) is 15.8. The van der Waals surface area contributed by atoms with Crippen LogP contribution in [0.2, 0.25) is 0 Å². The fourth-order valence-corrected chi connectivity index (χ4v) is 3.79. The number of hydrogen-bond donors (Lipinski definition) is 2. The largest absolute Gasteiger partial charge is 0.375 e. The molecule has 144 valence electrons. The average Bonchev–Trinajstić information content (AvgIpc) is 2.76. The highest BCUT2D eigenvalue weighted by atomic mass is 16.5. The standard InChI is InChI=1S/C22H23N3O3/c1-25(20-4-2-3-16(11-20)14-23)10-9-22(15-26)8-7-17-12-18(21(27)24-28)5-6-19(17)13-22/h2-6,11-12,15,28H,7-10,13H2,1H3,(H,24,27)/t22-/m0/s1. The first kappa shape index (κ1) is 19.6. The van der Waals surface area contributed by atoms with Crippen LogP contribution in [-0.2, 0) is 17.6 Å². The highest BCUT2D eigenvalue weighted by Crippen LogP contribution is 2.37. The summed E-state index contributed by atoms with van der Waals surface area (Å²) < 4.78 is 0. The highest BCUT2D eigenvalue weighted by molar-refractivity contribution is 5.93. The molecule has 0 heterocycles. The normalized spacial score (nSPS) is 17.9. The lowest BCUT2D eigenvalue weighted by molar-refractivity contribution is -0.117. The zero-order valence-electron chi connectivity index (χ0n) is 15.8. The lowest BCUT2D eigenvalue weighted by Crippen LogP contribution is -2.35. The van der Waals surface area contributed by atoms with E-state index in [2.05, 4.69) is 11.0 Å². The van der Waals surface area contributed by atoms with Crippen LogP contribution in [0.5, 0.6) is 0 Å². The first-order valence-electron chi connectivity index (χ1n) is 9.24. The van der Waals surface area contributed by atoms with Crippen LogP contribution in [0.1, 0.15) is 39.9 Å². The predicted octanol–water partition coefficient (Wildman–Crippen LogP) is 2.88. The van der Waals surface area contributed by atoms with Gasteiger partial charge in [-0.3, -0.25) is 10.0 Å². The van der Waals surface area contributed by atoms with E-state index in [1.807, 2.05) is 31.3 Å². The molecule has 0 fully saturated rings. The van der Waals surface area contributed by atoms with Crippen LogP contribution < -0.4 is 10.4 Å². The summed E-state index contributed by atoms with van der Waals surface area (Å²) in [6, 6.07) is 14.9. The summed E-state index contributed by atoms with van der Waals surface area (Å²) in [6.45, 7) is 0.702. The quantitative estimate of drug-likeness (QED) is 0.459. The van der Waals surface area contributed by atoms with Crippen molar-refractivity contribution in [1.29, 1.82) is 5.26 Å². The summed E-state index contributed by atoms with van der Waals surface area (Å²) in [5.74, 6) is -0.531.